The molecule has 0 bridgehead atoms. The molecule has 4 aliphatic rings. The molecular formula is C29H43FNO10P. The minimum absolute atomic E-state index is 0.166. The molecule has 9 unspecified atom stereocenters. The number of hydrogen-bond donors (Lipinski definition) is 4. The monoisotopic (exact) mass is 615 g/mol. The van der Waals surface area contributed by atoms with Crippen LogP contribution in [-0.4, -0.2) is 75.5 Å². The first kappa shape index (κ1) is 33.0. The average molecular weight is 616 g/mol. The Balaban J connectivity index is 1.45. The first-order valence-electron chi connectivity index (χ1n) is 14.4. The molecule has 0 aromatic heterocycles. The Morgan fingerprint density at radius 2 is 1.88 bits per heavy atom. The van der Waals surface area contributed by atoms with Gasteiger partial charge in [0.1, 0.15) is 17.8 Å². The third kappa shape index (κ3) is 5.32. The lowest BCUT2D eigenvalue weighted by Gasteiger charge is -2.62. The lowest BCUT2D eigenvalue weighted by atomic mass is 9.44. The molecule has 42 heavy (non-hydrogen) atoms. The van der Waals surface area contributed by atoms with Crippen LogP contribution in [0.4, 0.5) is 9.18 Å². The molecule has 0 aliphatic heterocycles. The van der Waals surface area contributed by atoms with Gasteiger partial charge in [0, 0.05) is 23.3 Å². The summed E-state index contributed by atoms with van der Waals surface area (Å²) in [5.41, 5.74) is -6.76. The van der Waals surface area contributed by atoms with Gasteiger partial charge in [0.2, 0.25) is 0 Å². The fourth-order valence-electron chi connectivity index (χ4n) is 8.06. The maximum atomic E-state index is 17.3. The van der Waals surface area contributed by atoms with Crippen molar-refractivity contribution in [2.24, 2.45) is 28.6 Å². The molecule has 0 aromatic rings. The summed E-state index contributed by atoms with van der Waals surface area (Å²) in [5, 5.41) is 25.7. The number of phosphoric acid groups is 1. The highest BCUT2D eigenvalue weighted by atomic mass is 31.2. The summed E-state index contributed by atoms with van der Waals surface area (Å²) < 4.78 is 44.5. The van der Waals surface area contributed by atoms with E-state index in [4.69, 9.17) is 13.8 Å². The number of rotatable bonds is 8. The number of halogens is 1. The standard InChI is InChI=1S/C29H43FNO10P/c1-17-13-21-20-8-7-18-14-19(32)9-10-26(18,5)28(20,30)22(33)15-27(21,6)29(17,36)23(34)16-40-42(37,38)39-12-11-31-24(35)41-25(2,3)4/h9-10,14,17,20-22,33,36H,7-8,11-13,15-16H2,1-6H3,(H,31,35)(H,37,38). The fourth-order valence-corrected chi connectivity index (χ4v) is 8.73. The summed E-state index contributed by atoms with van der Waals surface area (Å²) in [5.74, 6) is -2.95. The Bertz CT molecular complexity index is 1250. The lowest BCUT2D eigenvalue weighted by Crippen LogP contribution is -2.69. The van der Waals surface area contributed by atoms with Gasteiger partial charge in [0.15, 0.2) is 17.2 Å². The molecule has 0 aromatic carbocycles. The second-order valence-corrected chi connectivity index (χ2v) is 15.0. The van der Waals surface area contributed by atoms with Gasteiger partial charge in [-0.15, -0.1) is 0 Å². The summed E-state index contributed by atoms with van der Waals surface area (Å²) in [7, 11) is -4.75. The highest BCUT2D eigenvalue weighted by Crippen LogP contribution is 2.70. The number of alkyl halides is 1. The minimum Gasteiger partial charge on any atom is -0.444 e. The normalized spacial score (nSPS) is 40.7. The minimum atomic E-state index is -4.75. The van der Waals surface area contributed by atoms with E-state index in [9.17, 15) is 34.1 Å². The molecule has 3 saturated carbocycles. The zero-order valence-electron chi connectivity index (χ0n) is 25.0. The molecule has 4 aliphatic carbocycles. The Morgan fingerprint density at radius 1 is 1.21 bits per heavy atom. The van der Waals surface area contributed by atoms with E-state index in [2.05, 4.69) is 5.32 Å². The molecule has 11 nitrogen and oxygen atoms in total. The number of Topliss-reactive ketones (excluding diaryl/α,β-unsaturated/α-hetero) is 1. The van der Waals surface area contributed by atoms with Crippen molar-refractivity contribution in [2.45, 2.75) is 90.2 Å². The third-order valence-corrected chi connectivity index (χ3v) is 11.0. The fraction of sp³-hybridized carbons (Fsp3) is 0.759. The van der Waals surface area contributed by atoms with E-state index < -0.39 is 84.5 Å². The zero-order chi connectivity index (χ0) is 31.5. The van der Waals surface area contributed by atoms with Crippen LogP contribution in [0, 0.1) is 28.6 Å². The van der Waals surface area contributed by atoms with Crippen molar-refractivity contribution in [3.05, 3.63) is 23.8 Å². The molecule has 0 saturated heterocycles. The van der Waals surface area contributed by atoms with Gasteiger partial charge in [-0.05, 0) is 77.4 Å². The van der Waals surface area contributed by atoms with Crippen LogP contribution in [0.25, 0.3) is 0 Å². The van der Waals surface area contributed by atoms with E-state index in [1.165, 1.54) is 18.2 Å². The van der Waals surface area contributed by atoms with E-state index in [1.54, 1.807) is 41.5 Å². The van der Waals surface area contributed by atoms with Gasteiger partial charge in [-0.25, -0.2) is 13.8 Å². The molecule has 0 heterocycles. The molecule has 0 radical (unpaired) electrons. The van der Waals surface area contributed by atoms with Crippen LogP contribution < -0.4 is 5.32 Å². The zero-order valence-corrected chi connectivity index (χ0v) is 25.9. The Kier molecular flexibility index (Phi) is 8.54. The number of hydrogen-bond acceptors (Lipinski definition) is 9. The number of aliphatic hydroxyl groups excluding tert-OH is 1. The molecule has 4 N–H and O–H groups in total. The van der Waals surface area contributed by atoms with E-state index in [0.717, 1.165) is 0 Å². The van der Waals surface area contributed by atoms with Gasteiger partial charge < -0.3 is 25.2 Å². The Labute approximate surface area is 245 Å². The average Bonchev–Trinajstić information content (AvgIpc) is 3.07. The molecule has 236 valence electrons. The largest absolute Gasteiger partial charge is 0.472 e. The summed E-state index contributed by atoms with van der Waals surface area (Å²) in [6, 6.07) is 0. The number of ketones is 2. The lowest BCUT2D eigenvalue weighted by molar-refractivity contribution is -0.219. The predicted molar refractivity (Wildman–Crippen MR) is 149 cm³/mol. The number of alkyl carbamates (subject to hydrolysis) is 1. The topological polar surface area (TPSA) is 169 Å². The smallest absolute Gasteiger partial charge is 0.444 e. The summed E-state index contributed by atoms with van der Waals surface area (Å²) >= 11 is 0. The summed E-state index contributed by atoms with van der Waals surface area (Å²) in [6.45, 7) is 8.52. The molecule has 13 heteroatoms. The van der Waals surface area contributed by atoms with Gasteiger partial charge in [-0.2, -0.15) is 0 Å². The van der Waals surface area contributed by atoms with Crippen LogP contribution >= 0.6 is 7.82 Å². The van der Waals surface area contributed by atoms with Crippen LogP contribution in [-0.2, 0) is 27.9 Å². The van der Waals surface area contributed by atoms with Gasteiger partial charge in [0.05, 0.1) is 12.7 Å². The van der Waals surface area contributed by atoms with Gasteiger partial charge >= 0.3 is 13.9 Å². The highest BCUT2D eigenvalue weighted by Gasteiger charge is 2.75. The van der Waals surface area contributed by atoms with E-state index >= 15 is 4.39 Å². The molecular weight excluding hydrogens is 572 g/mol. The number of carbonyl (C=O) groups is 3. The number of nitrogens with one attached hydrogen (secondary N) is 1. The van der Waals surface area contributed by atoms with E-state index in [-0.39, 0.29) is 18.7 Å². The number of carbonyl (C=O) groups excluding carboxylic acids is 3. The SMILES string of the molecule is CC1CC2C3CCC4=CC(=O)C=CC4(C)C3(F)C(O)CC2(C)C1(O)C(=O)COP(=O)(O)OCCNC(=O)OC(C)(C)C. The predicted octanol–water partition coefficient (Wildman–Crippen LogP) is 3.56. The van der Waals surface area contributed by atoms with Crippen LogP contribution in [0.15, 0.2) is 23.8 Å². The number of fused-ring (bicyclic) bond motifs is 5. The highest BCUT2D eigenvalue weighted by molar-refractivity contribution is 7.47. The van der Waals surface area contributed by atoms with Crippen molar-refractivity contribution in [2.75, 3.05) is 19.8 Å². The quantitative estimate of drug-likeness (QED) is 0.234. The van der Waals surface area contributed by atoms with Gasteiger partial charge in [0.25, 0.3) is 0 Å². The first-order chi connectivity index (χ1) is 19.2. The summed E-state index contributed by atoms with van der Waals surface area (Å²) in [4.78, 5) is 47.4. The molecule has 0 spiro atoms. The summed E-state index contributed by atoms with van der Waals surface area (Å²) in [6.07, 6.45) is 2.85. The number of phosphoric ester groups is 1. The van der Waals surface area contributed by atoms with Crippen molar-refractivity contribution in [3.63, 3.8) is 0 Å². The van der Waals surface area contributed by atoms with Crippen LogP contribution in [0.3, 0.4) is 0 Å². The second kappa shape index (κ2) is 10.9. The van der Waals surface area contributed by atoms with Gasteiger partial charge in [-0.1, -0.05) is 25.5 Å². The van der Waals surface area contributed by atoms with E-state index in [1.807, 2.05) is 0 Å². The maximum absolute atomic E-state index is 17.3. The van der Waals surface area contributed by atoms with Crippen LogP contribution in [0.1, 0.15) is 67.2 Å². The maximum Gasteiger partial charge on any atom is 0.472 e. The number of allylic oxidation sites excluding steroid dienone is 4. The van der Waals surface area contributed by atoms with Crippen LogP contribution in [0.2, 0.25) is 0 Å². The number of aliphatic hydroxyl groups is 2. The van der Waals surface area contributed by atoms with Crippen molar-refractivity contribution in [1.29, 1.82) is 0 Å². The van der Waals surface area contributed by atoms with Crippen molar-refractivity contribution in [3.8, 4) is 0 Å². The third-order valence-electron chi connectivity index (χ3n) is 10.0. The Morgan fingerprint density at radius 3 is 2.52 bits per heavy atom. The van der Waals surface area contributed by atoms with Crippen molar-refractivity contribution in [1.82, 2.24) is 5.32 Å². The molecule has 9 atom stereocenters. The van der Waals surface area contributed by atoms with Crippen LogP contribution in [0.5, 0.6) is 0 Å². The number of ether oxygens (including phenoxy) is 1. The number of amides is 1. The molecule has 1 amide bonds. The molecule has 3 fully saturated rings. The molecule has 4 rings (SSSR count). The first-order valence-corrected chi connectivity index (χ1v) is 15.9. The van der Waals surface area contributed by atoms with Crippen molar-refractivity contribution < 1.29 is 52.2 Å². The second-order valence-electron chi connectivity index (χ2n) is 13.6. The van der Waals surface area contributed by atoms with E-state index in [0.29, 0.717) is 24.8 Å². The van der Waals surface area contributed by atoms with Crippen molar-refractivity contribution >= 4 is 25.5 Å². The van der Waals surface area contributed by atoms with Gasteiger partial charge in [-0.3, -0.25) is 18.6 Å². The Hall–Kier alpha value is -1.95.